The molecule has 0 aliphatic heterocycles. The van der Waals surface area contributed by atoms with E-state index in [2.05, 4.69) is 15.9 Å². The van der Waals surface area contributed by atoms with Crippen LogP contribution < -0.4 is 0 Å². The Morgan fingerprint density at radius 3 is 2.65 bits per heavy atom. The Hall–Kier alpha value is -0.740. The highest BCUT2D eigenvalue weighted by atomic mass is 79.9. The molecule has 0 aromatic heterocycles. The van der Waals surface area contributed by atoms with E-state index in [0.29, 0.717) is 12.1 Å². The van der Waals surface area contributed by atoms with Crippen LogP contribution in [0.25, 0.3) is 0 Å². The summed E-state index contributed by atoms with van der Waals surface area (Å²) in [5.41, 5.74) is 0.488. The molecule has 1 amide bonds. The first-order chi connectivity index (χ1) is 7.97. The molecule has 0 saturated carbocycles. The van der Waals surface area contributed by atoms with Crippen molar-refractivity contribution in [3.63, 3.8) is 0 Å². The topological polar surface area (TPSA) is 40.5 Å². The molecule has 3 nitrogen and oxygen atoms in total. The summed E-state index contributed by atoms with van der Waals surface area (Å²) < 4.78 is 0. The van der Waals surface area contributed by atoms with Crippen LogP contribution in [0.1, 0.15) is 24.2 Å². The van der Waals surface area contributed by atoms with E-state index in [0.717, 1.165) is 5.33 Å². The normalized spacial score (nSPS) is 10.6. The summed E-state index contributed by atoms with van der Waals surface area (Å²) in [5.74, 6) is -0.0962. The second-order valence-corrected chi connectivity index (χ2v) is 5.15. The van der Waals surface area contributed by atoms with Crippen molar-refractivity contribution in [3.8, 4) is 5.75 Å². The molecule has 0 saturated heterocycles. The van der Waals surface area contributed by atoms with E-state index in [4.69, 9.17) is 11.6 Å². The average molecular weight is 321 g/mol. The van der Waals surface area contributed by atoms with Crippen LogP contribution in [-0.4, -0.2) is 33.8 Å². The lowest BCUT2D eigenvalue weighted by atomic mass is 10.1. The predicted octanol–water partition coefficient (Wildman–Crippen LogP) is 3.29. The molecule has 0 aliphatic rings. The van der Waals surface area contributed by atoms with Crippen molar-refractivity contribution in [3.05, 3.63) is 28.8 Å². The van der Waals surface area contributed by atoms with Crippen LogP contribution in [0.2, 0.25) is 5.02 Å². The van der Waals surface area contributed by atoms with E-state index in [1.165, 1.54) is 12.1 Å². The lowest BCUT2D eigenvalue weighted by Gasteiger charge is -2.26. The molecule has 0 unspecified atom stereocenters. The highest BCUT2D eigenvalue weighted by molar-refractivity contribution is 9.09. The summed E-state index contributed by atoms with van der Waals surface area (Å²) in [6.07, 6.45) is 0. The van der Waals surface area contributed by atoms with Gasteiger partial charge in [0.1, 0.15) is 5.75 Å². The minimum Gasteiger partial charge on any atom is -0.506 e. The summed E-state index contributed by atoms with van der Waals surface area (Å²) in [4.78, 5) is 14.0. The quantitative estimate of drug-likeness (QED) is 0.865. The maximum Gasteiger partial charge on any atom is 0.254 e. The molecular formula is C12H15BrClNO2. The van der Waals surface area contributed by atoms with Gasteiger partial charge in [-0.1, -0.05) is 27.5 Å². The van der Waals surface area contributed by atoms with Crippen molar-refractivity contribution >= 4 is 33.4 Å². The fraction of sp³-hybridized carbons (Fsp3) is 0.417. The maximum absolute atomic E-state index is 12.2. The van der Waals surface area contributed by atoms with E-state index < -0.39 is 0 Å². The summed E-state index contributed by atoms with van der Waals surface area (Å²) >= 11 is 9.11. The number of benzene rings is 1. The minimum absolute atomic E-state index is 0.0141. The highest BCUT2D eigenvalue weighted by Gasteiger charge is 2.18. The van der Waals surface area contributed by atoms with Crippen molar-refractivity contribution in [2.75, 3.05) is 11.9 Å². The van der Waals surface area contributed by atoms with Gasteiger partial charge in [0.2, 0.25) is 0 Å². The Bertz CT molecular complexity index is 409. The smallest absolute Gasteiger partial charge is 0.254 e. The van der Waals surface area contributed by atoms with Crippen LogP contribution >= 0.6 is 27.5 Å². The van der Waals surface area contributed by atoms with Gasteiger partial charge in [0.15, 0.2) is 0 Å². The van der Waals surface area contributed by atoms with E-state index in [-0.39, 0.29) is 22.7 Å². The molecular weight excluding hydrogens is 305 g/mol. The number of carbonyl (C=O) groups excluding carboxylic acids is 1. The number of amides is 1. The first kappa shape index (κ1) is 14.3. The Balaban J connectivity index is 2.97. The Kier molecular flexibility index (Phi) is 5.28. The van der Waals surface area contributed by atoms with E-state index in [1.807, 2.05) is 13.8 Å². The monoisotopic (exact) mass is 319 g/mol. The lowest BCUT2D eigenvalue weighted by Crippen LogP contribution is -2.38. The van der Waals surface area contributed by atoms with E-state index >= 15 is 0 Å². The molecule has 0 radical (unpaired) electrons. The standard InChI is InChI=1S/C12H15BrClNO2/c1-8(2)15(6-5-13)12(17)9-3-4-11(16)10(14)7-9/h3-4,7-8,16H,5-6H2,1-2H3. The number of nitrogens with zero attached hydrogens (tertiary/aromatic N) is 1. The number of rotatable bonds is 4. The van der Waals surface area contributed by atoms with Crippen molar-refractivity contribution in [2.24, 2.45) is 0 Å². The SMILES string of the molecule is CC(C)N(CCBr)C(=O)c1ccc(O)c(Cl)c1. The zero-order chi connectivity index (χ0) is 13.0. The average Bonchev–Trinajstić information content (AvgIpc) is 2.28. The number of alkyl halides is 1. The van der Waals surface area contributed by atoms with Crippen LogP contribution in [0.3, 0.4) is 0 Å². The van der Waals surface area contributed by atoms with Crippen LogP contribution in [0, 0.1) is 0 Å². The summed E-state index contributed by atoms with van der Waals surface area (Å²) in [6.45, 7) is 4.56. The maximum atomic E-state index is 12.2. The summed E-state index contributed by atoms with van der Waals surface area (Å²) in [5, 5.41) is 10.2. The number of aromatic hydroxyl groups is 1. The van der Waals surface area contributed by atoms with Gasteiger partial charge in [-0.3, -0.25) is 4.79 Å². The third-order valence-electron chi connectivity index (χ3n) is 2.40. The van der Waals surface area contributed by atoms with Crippen molar-refractivity contribution in [1.82, 2.24) is 4.90 Å². The van der Waals surface area contributed by atoms with Crippen LogP contribution in [0.15, 0.2) is 18.2 Å². The van der Waals surface area contributed by atoms with Gasteiger partial charge in [-0.2, -0.15) is 0 Å². The molecule has 0 spiro atoms. The Morgan fingerprint density at radius 1 is 1.53 bits per heavy atom. The van der Waals surface area contributed by atoms with Gasteiger partial charge in [-0.05, 0) is 32.0 Å². The zero-order valence-corrected chi connectivity index (χ0v) is 12.1. The van der Waals surface area contributed by atoms with Crippen molar-refractivity contribution in [2.45, 2.75) is 19.9 Å². The van der Waals surface area contributed by atoms with Crippen molar-refractivity contribution in [1.29, 1.82) is 0 Å². The largest absolute Gasteiger partial charge is 0.506 e. The molecule has 0 atom stereocenters. The summed E-state index contributed by atoms with van der Waals surface area (Å²) in [6, 6.07) is 4.62. The third kappa shape index (κ3) is 3.61. The number of phenolic OH excluding ortho intramolecular Hbond substituents is 1. The molecule has 17 heavy (non-hydrogen) atoms. The first-order valence-electron chi connectivity index (χ1n) is 5.32. The van der Waals surface area contributed by atoms with Gasteiger partial charge in [-0.25, -0.2) is 0 Å². The third-order valence-corrected chi connectivity index (χ3v) is 3.06. The zero-order valence-electron chi connectivity index (χ0n) is 9.78. The molecule has 0 aliphatic carbocycles. The highest BCUT2D eigenvalue weighted by Crippen LogP contribution is 2.24. The fourth-order valence-electron chi connectivity index (χ4n) is 1.49. The Morgan fingerprint density at radius 2 is 2.18 bits per heavy atom. The minimum atomic E-state index is -0.0821. The molecule has 1 aromatic carbocycles. The number of phenols is 1. The molecule has 94 valence electrons. The van der Waals surface area contributed by atoms with Crippen LogP contribution in [0.5, 0.6) is 5.75 Å². The number of carbonyl (C=O) groups is 1. The Labute approximate surface area is 115 Å². The fourth-order valence-corrected chi connectivity index (χ4v) is 2.05. The number of halogens is 2. The second kappa shape index (κ2) is 6.26. The van der Waals surface area contributed by atoms with Gasteiger partial charge in [-0.15, -0.1) is 0 Å². The number of hydrogen-bond donors (Lipinski definition) is 1. The van der Waals surface area contributed by atoms with Gasteiger partial charge in [0, 0.05) is 23.5 Å². The van der Waals surface area contributed by atoms with E-state index in [1.54, 1.807) is 11.0 Å². The first-order valence-corrected chi connectivity index (χ1v) is 6.82. The molecule has 5 heteroatoms. The van der Waals surface area contributed by atoms with Crippen molar-refractivity contribution < 1.29 is 9.90 Å². The van der Waals surface area contributed by atoms with Gasteiger partial charge < -0.3 is 10.0 Å². The van der Waals surface area contributed by atoms with Crippen LogP contribution in [-0.2, 0) is 0 Å². The molecule has 0 heterocycles. The molecule has 0 bridgehead atoms. The van der Waals surface area contributed by atoms with Gasteiger partial charge in [0.25, 0.3) is 5.91 Å². The molecule has 0 fully saturated rings. The van der Waals surface area contributed by atoms with E-state index in [9.17, 15) is 9.90 Å². The van der Waals surface area contributed by atoms with Gasteiger partial charge >= 0.3 is 0 Å². The predicted molar refractivity (Wildman–Crippen MR) is 73.1 cm³/mol. The number of hydrogen-bond acceptors (Lipinski definition) is 2. The second-order valence-electron chi connectivity index (χ2n) is 3.95. The van der Waals surface area contributed by atoms with Gasteiger partial charge in [0.05, 0.1) is 5.02 Å². The lowest BCUT2D eigenvalue weighted by molar-refractivity contribution is 0.0719. The summed E-state index contributed by atoms with van der Waals surface area (Å²) in [7, 11) is 0. The molecule has 1 rings (SSSR count). The van der Waals surface area contributed by atoms with Crippen LogP contribution in [0.4, 0.5) is 0 Å². The molecule has 1 N–H and O–H groups in total. The molecule has 1 aromatic rings.